The van der Waals surface area contributed by atoms with Gasteiger partial charge in [0.05, 0.1) is 16.3 Å². The second-order valence-corrected chi connectivity index (χ2v) is 7.23. The lowest BCUT2D eigenvalue weighted by Crippen LogP contribution is -2.28. The quantitative estimate of drug-likeness (QED) is 0.626. The summed E-state index contributed by atoms with van der Waals surface area (Å²) in [5.74, 6) is 0.894. The number of thiophene rings is 1. The van der Waals surface area contributed by atoms with E-state index in [0.29, 0.717) is 0 Å². The van der Waals surface area contributed by atoms with Crippen molar-refractivity contribution in [3.05, 3.63) is 57.8 Å². The minimum atomic E-state index is 0.143. The predicted octanol–water partition coefficient (Wildman–Crippen LogP) is 4.64. The van der Waals surface area contributed by atoms with E-state index in [2.05, 4.69) is 62.6 Å². The first-order valence-corrected chi connectivity index (χ1v) is 9.20. The van der Waals surface area contributed by atoms with Gasteiger partial charge in [0, 0.05) is 0 Å². The van der Waals surface area contributed by atoms with Gasteiger partial charge in [-0.15, -0.1) is 11.3 Å². The molecule has 0 amide bonds. The summed E-state index contributed by atoms with van der Waals surface area (Å²) in [7, 11) is 0. The zero-order chi connectivity index (χ0) is 14.9. The Hall–Kier alpha value is -1.30. The summed E-state index contributed by atoms with van der Waals surface area (Å²) >= 11 is 5.29. The van der Waals surface area contributed by atoms with Crippen molar-refractivity contribution in [2.45, 2.75) is 18.9 Å². The van der Waals surface area contributed by atoms with Crippen molar-refractivity contribution in [1.29, 1.82) is 0 Å². The Morgan fingerprint density at radius 3 is 2.59 bits per heavy atom. The van der Waals surface area contributed by atoms with Crippen LogP contribution in [0.15, 0.2) is 46.4 Å². The van der Waals surface area contributed by atoms with Gasteiger partial charge in [-0.3, -0.25) is 4.90 Å². The second-order valence-electron chi connectivity index (χ2n) is 5.56. The van der Waals surface area contributed by atoms with Crippen molar-refractivity contribution in [1.82, 2.24) is 14.9 Å². The molecule has 1 saturated heterocycles. The van der Waals surface area contributed by atoms with E-state index < -0.39 is 0 Å². The number of hydrogen-bond acceptors (Lipinski definition) is 4. The van der Waals surface area contributed by atoms with Crippen LogP contribution in [0.4, 0.5) is 0 Å². The van der Waals surface area contributed by atoms with Crippen LogP contribution in [0.5, 0.6) is 0 Å². The summed E-state index contributed by atoms with van der Waals surface area (Å²) in [4.78, 5) is 12.1. The normalized spacial score (nSPS) is 17.1. The van der Waals surface area contributed by atoms with Gasteiger partial charge in [-0.05, 0) is 58.9 Å². The molecule has 22 heavy (non-hydrogen) atoms. The largest absolute Gasteiger partial charge is 0.290 e. The van der Waals surface area contributed by atoms with Crippen LogP contribution in [-0.4, -0.2) is 28.0 Å². The molecule has 1 fully saturated rings. The van der Waals surface area contributed by atoms with E-state index in [1.165, 1.54) is 18.4 Å². The highest BCUT2D eigenvalue weighted by atomic mass is 79.9. The van der Waals surface area contributed by atoms with Crippen molar-refractivity contribution in [3.63, 3.8) is 0 Å². The van der Waals surface area contributed by atoms with Crippen molar-refractivity contribution in [2.24, 2.45) is 0 Å². The molecule has 0 radical (unpaired) electrons. The Bertz CT molecular complexity index is 781. The van der Waals surface area contributed by atoms with Crippen LogP contribution < -0.4 is 0 Å². The third kappa shape index (κ3) is 2.57. The summed E-state index contributed by atoms with van der Waals surface area (Å²) < 4.78 is 2.03. The van der Waals surface area contributed by atoms with Gasteiger partial charge in [0.2, 0.25) is 0 Å². The highest BCUT2D eigenvalue weighted by molar-refractivity contribution is 9.10. The maximum atomic E-state index is 4.84. The van der Waals surface area contributed by atoms with E-state index in [4.69, 9.17) is 9.97 Å². The lowest BCUT2D eigenvalue weighted by Gasteiger charge is -2.26. The summed E-state index contributed by atoms with van der Waals surface area (Å²) in [6.45, 7) is 2.23. The summed E-state index contributed by atoms with van der Waals surface area (Å²) in [6, 6.07) is 12.8. The number of nitrogens with zero attached hydrogens (tertiary/aromatic N) is 3. The topological polar surface area (TPSA) is 29.0 Å². The van der Waals surface area contributed by atoms with Gasteiger partial charge in [-0.25, -0.2) is 9.97 Å². The molecule has 0 N–H and O–H groups in total. The smallest absolute Gasteiger partial charge is 0.152 e. The van der Waals surface area contributed by atoms with Gasteiger partial charge in [-0.2, -0.15) is 0 Å². The maximum Gasteiger partial charge on any atom is 0.152 e. The van der Waals surface area contributed by atoms with E-state index in [1.54, 1.807) is 11.3 Å². The molecular weight excluding hydrogens is 358 g/mol. The number of fused-ring (bicyclic) bond motifs is 1. The molecule has 3 nitrogen and oxygen atoms in total. The second kappa shape index (κ2) is 6.07. The SMILES string of the molecule is Brc1nc(C(c2ccccc2)N2CCCC2)nc2ccsc12. The zero-order valence-electron chi connectivity index (χ0n) is 12.1. The number of benzene rings is 1. The average molecular weight is 374 g/mol. The first-order valence-electron chi connectivity index (χ1n) is 7.52. The van der Waals surface area contributed by atoms with Crippen LogP contribution in [0.1, 0.15) is 30.3 Å². The molecule has 1 aliphatic heterocycles. The minimum Gasteiger partial charge on any atom is -0.290 e. The fourth-order valence-electron chi connectivity index (χ4n) is 3.13. The number of halogens is 1. The lowest BCUT2D eigenvalue weighted by molar-refractivity contribution is 0.272. The molecule has 3 aromatic rings. The van der Waals surface area contributed by atoms with Crippen LogP contribution in [0.3, 0.4) is 0 Å². The fourth-order valence-corrected chi connectivity index (χ4v) is 4.50. The van der Waals surface area contributed by atoms with Crippen LogP contribution >= 0.6 is 27.3 Å². The van der Waals surface area contributed by atoms with Gasteiger partial charge in [-0.1, -0.05) is 30.3 Å². The third-order valence-corrected chi connectivity index (χ3v) is 5.89. The molecule has 1 unspecified atom stereocenters. The summed E-state index contributed by atoms with van der Waals surface area (Å²) in [5, 5.41) is 2.07. The highest BCUT2D eigenvalue weighted by Gasteiger charge is 2.28. The van der Waals surface area contributed by atoms with Crippen LogP contribution in [0.2, 0.25) is 0 Å². The standard InChI is InChI=1S/C17H16BrN3S/c18-16-15-13(8-11-22-15)19-17(20-16)14(21-9-4-5-10-21)12-6-2-1-3-7-12/h1-3,6-8,11,14H,4-5,9-10H2. The zero-order valence-corrected chi connectivity index (χ0v) is 14.5. The Balaban J connectivity index is 1.84. The summed E-state index contributed by atoms with van der Waals surface area (Å²) in [6.07, 6.45) is 2.51. The molecular formula is C17H16BrN3S. The molecule has 0 aliphatic carbocycles. The predicted molar refractivity (Wildman–Crippen MR) is 94.2 cm³/mol. The Labute approximate surface area is 142 Å². The van der Waals surface area contributed by atoms with Crippen molar-refractivity contribution < 1.29 is 0 Å². The molecule has 0 spiro atoms. The minimum absolute atomic E-state index is 0.143. The fraction of sp³-hybridized carbons (Fsp3) is 0.294. The van der Waals surface area contributed by atoms with E-state index in [9.17, 15) is 0 Å². The molecule has 1 atom stereocenters. The monoisotopic (exact) mass is 373 g/mol. The van der Waals surface area contributed by atoms with E-state index in [0.717, 1.165) is 33.7 Å². The van der Waals surface area contributed by atoms with Crippen LogP contribution in [-0.2, 0) is 0 Å². The van der Waals surface area contributed by atoms with E-state index >= 15 is 0 Å². The van der Waals surface area contributed by atoms with Gasteiger partial charge >= 0.3 is 0 Å². The highest BCUT2D eigenvalue weighted by Crippen LogP contribution is 2.33. The van der Waals surface area contributed by atoms with Gasteiger partial charge in [0.1, 0.15) is 4.60 Å². The number of rotatable bonds is 3. The number of likely N-dealkylation sites (tertiary alicyclic amines) is 1. The molecule has 0 bridgehead atoms. The molecule has 4 rings (SSSR count). The first-order chi connectivity index (χ1) is 10.8. The summed E-state index contributed by atoms with van der Waals surface area (Å²) in [5.41, 5.74) is 2.30. The van der Waals surface area contributed by atoms with Crippen molar-refractivity contribution in [3.8, 4) is 0 Å². The molecule has 112 valence electrons. The maximum absolute atomic E-state index is 4.84. The first kappa shape index (κ1) is 14.3. The molecule has 1 aliphatic rings. The van der Waals surface area contributed by atoms with Gasteiger partial charge < -0.3 is 0 Å². The van der Waals surface area contributed by atoms with Crippen LogP contribution in [0.25, 0.3) is 10.2 Å². The molecule has 1 aromatic carbocycles. The third-order valence-electron chi connectivity index (χ3n) is 4.15. The Morgan fingerprint density at radius 1 is 1.05 bits per heavy atom. The van der Waals surface area contributed by atoms with Crippen LogP contribution in [0, 0.1) is 0 Å². The van der Waals surface area contributed by atoms with Gasteiger partial charge in [0.15, 0.2) is 5.82 Å². The molecule has 0 saturated carbocycles. The van der Waals surface area contributed by atoms with Gasteiger partial charge in [0.25, 0.3) is 0 Å². The number of hydrogen-bond donors (Lipinski definition) is 0. The Morgan fingerprint density at radius 2 is 1.82 bits per heavy atom. The van der Waals surface area contributed by atoms with E-state index in [1.807, 2.05) is 0 Å². The average Bonchev–Trinajstić information content (AvgIpc) is 3.20. The lowest BCUT2D eigenvalue weighted by atomic mass is 10.0. The molecule has 2 aromatic heterocycles. The Kier molecular flexibility index (Phi) is 3.94. The van der Waals surface area contributed by atoms with Crippen molar-refractivity contribution >= 4 is 37.5 Å². The van der Waals surface area contributed by atoms with E-state index in [-0.39, 0.29) is 6.04 Å². The number of aromatic nitrogens is 2. The molecule has 3 heterocycles. The van der Waals surface area contributed by atoms with Crippen molar-refractivity contribution in [2.75, 3.05) is 13.1 Å². The molecule has 5 heteroatoms.